The van der Waals surface area contributed by atoms with Gasteiger partial charge in [-0.25, -0.2) is 4.98 Å². The van der Waals surface area contributed by atoms with Gasteiger partial charge in [-0.15, -0.1) is 11.3 Å². The molecule has 1 heterocycles. The SMILES string of the molecule is CCCNC(=O)CCN(C(=O)c1csc(Nc2ccc(OC)cc2)n1)C1CC1. The first kappa shape index (κ1) is 20.1. The van der Waals surface area contributed by atoms with Gasteiger partial charge in [0.1, 0.15) is 11.4 Å². The Labute approximate surface area is 169 Å². The van der Waals surface area contributed by atoms with E-state index in [2.05, 4.69) is 15.6 Å². The number of carbonyl (C=O) groups excluding carboxylic acids is 2. The van der Waals surface area contributed by atoms with Crippen LogP contribution in [0.15, 0.2) is 29.6 Å². The van der Waals surface area contributed by atoms with Gasteiger partial charge in [0, 0.05) is 36.6 Å². The number of nitrogens with one attached hydrogen (secondary N) is 2. The summed E-state index contributed by atoms with van der Waals surface area (Å²) in [6, 6.07) is 7.74. The molecule has 2 aromatic rings. The van der Waals surface area contributed by atoms with Crippen LogP contribution in [0, 0.1) is 0 Å². The van der Waals surface area contributed by atoms with E-state index in [1.807, 2.05) is 31.2 Å². The van der Waals surface area contributed by atoms with Crippen LogP contribution in [-0.4, -0.2) is 47.9 Å². The van der Waals surface area contributed by atoms with Gasteiger partial charge in [-0.3, -0.25) is 9.59 Å². The van der Waals surface area contributed by atoms with Crippen LogP contribution in [0.2, 0.25) is 0 Å². The first-order valence-corrected chi connectivity index (χ1v) is 10.4. The highest BCUT2D eigenvalue weighted by Gasteiger charge is 2.34. The van der Waals surface area contributed by atoms with Crippen molar-refractivity contribution < 1.29 is 14.3 Å². The second-order valence-electron chi connectivity index (χ2n) is 6.72. The van der Waals surface area contributed by atoms with Crippen LogP contribution in [0.25, 0.3) is 0 Å². The van der Waals surface area contributed by atoms with E-state index in [1.165, 1.54) is 11.3 Å². The third kappa shape index (κ3) is 5.45. The van der Waals surface area contributed by atoms with Crippen LogP contribution in [0.5, 0.6) is 5.75 Å². The number of nitrogens with zero attached hydrogens (tertiary/aromatic N) is 2. The molecule has 1 aromatic heterocycles. The lowest BCUT2D eigenvalue weighted by Gasteiger charge is -2.21. The fraction of sp³-hybridized carbons (Fsp3) is 0.450. The third-order valence-corrected chi connectivity index (χ3v) is 5.22. The van der Waals surface area contributed by atoms with Gasteiger partial charge in [0.15, 0.2) is 5.13 Å². The van der Waals surface area contributed by atoms with Crippen molar-refractivity contribution in [3.63, 3.8) is 0 Å². The molecule has 2 N–H and O–H groups in total. The standard InChI is InChI=1S/C20H26N4O3S/c1-3-11-21-18(25)10-12-24(15-6-7-15)19(26)17-13-28-20(23-17)22-14-4-8-16(27-2)9-5-14/h4-5,8-9,13,15H,3,6-7,10-12H2,1-2H3,(H,21,25)(H,22,23). The lowest BCUT2D eigenvalue weighted by molar-refractivity contribution is -0.121. The van der Waals surface area contributed by atoms with Gasteiger partial charge in [0.05, 0.1) is 7.11 Å². The predicted molar refractivity (Wildman–Crippen MR) is 110 cm³/mol. The minimum Gasteiger partial charge on any atom is -0.497 e. The van der Waals surface area contributed by atoms with Crippen molar-refractivity contribution in [3.05, 3.63) is 35.3 Å². The van der Waals surface area contributed by atoms with E-state index in [9.17, 15) is 9.59 Å². The molecule has 0 unspecified atom stereocenters. The monoisotopic (exact) mass is 402 g/mol. The summed E-state index contributed by atoms with van der Waals surface area (Å²) in [6.07, 6.45) is 3.20. The maximum absolute atomic E-state index is 12.9. The minimum absolute atomic E-state index is 0.0135. The molecule has 1 aliphatic carbocycles. The number of methoxy groups -OCH3 is 1. The normalized spacial score (nSPS) is 13.1. The Morgan fingerprint density at radius 2 is 2.04 bits per heavy atom. The van der Waals surface area contributed by atoms with E-state index in [0.717, 1.165) is 30.7 Å². The fourth-order valence-corrected chi connectivity index (χ4v) is 3.49. The molecule has 28 heavy (non-hydrogen) atoms. The zero-order valence-electron chi connectivity index (χ0n) is 16.2. The van der Waals surface area contributed by atoms with Gasteiger partial charge in [0.2, 0.25) is 5.91 Å². The highest BCUT2D eigenvalue weighted by atomic mass is 32.1. The number of hydrogen-bond acceptors (Lipinski definition) is 6. The van der Waals surface area contributed by atoms with E-state index >= 15 is 0 Å². The Morgan fingerprint density at radius 3 is 2.68 bits per heavy atom. The summed E-state index contributed by atoms with van der Waals surface area (Å²) in [5.41, 5.74) is 1.29. The van der Waals surface area contributed by atoms with E-state index < -0.39 is 0 Å². The van der Waals surface area contributed by atoms with Gasteiger partial charge in [-0.05, 0) is 43.5 Å². The molecule has 0 spiro atoms. The number of benzene rings is 1. The number of aromatic nitrogens is 1. The molecule has 2 amide bonds. The summed E-state index contributed by atoms with van der Waals surface area (Å²) >= 11 is 1.39. The lowest BCUT2D eigenvalue weighted by Crippen LogP contribution is -2.37. The average molecular weight is 403 g/mol. The molecule has 8 heteroatoms. The van der Waals surface area contributed by atoms with Gasteiger partial charge in [-0.2, -0.15) is 0 Å². The number of carbonyl (C=O) groups is 2. The van der Waals surface area contributed by atoms with Crippen molar-refractivity contribution >= 4 is 34.0 Å². The predicted octanol–water partition coefficient (Wildman–Crippen LogP) is 3.42. The number of amides is 2. The van der Waals surface area contributed by atoms with Crippen molar-refractivity contribution in [2.24, 2.45) is 0 Å². The molecule has 1 aliphatic rings. The van der Waals surface area contributed by atoms with Crippen LogP contribution in [0.4, 0.5) is 10.8 Å². The Morgan fingerprint density at radius 1 is 1.29 bits per heavy atom. The van der Waals surface area contributed by atoms with Gasteiger partial charge in [0.25, 0.3) is 5.91 Å². The lowest BCUT2D eigenvalue weighted by atomic mass is 10.3. The van der Waals surface area contributed by atoms with Gasteiger partial charge < -0.3 is 20.3 Å². The van der Waals surface area contributed by atoms with Gasteiger partial charge in [-0.1, -0.05) is 6.92 Å². The van der Waals surface area contributed by atoms with Crippen LogP contribution < -0.4 is 15.4 Å². The molecule has 0 saturated heterocycles. The maximum Gasteiger partial charge on any atom is 0.273 e. The Bertz CT molecular complexity index is 802. The number of anilines is 2. The first-order chi connectivity index (χ1) is 13.6. The van der Waals surface area contributed by atoms with Crippen molar-refractivity contribution in [1.82, 2.24) is 15.2 Å². The van der Waals surface area contributed by atoms with Crippen LogP contribution in [0.1, 0.15) is 43.1 Å². The maximum atomic E-state index is 12.9. The zero-order chi connectivity index (χ0) is 19.9. The smallest absolute Gasteiger partial charge is 0.273 e. The largest absolute Gasteiger partial charge is 0.497 e. The highest BCUT2D eigenvalue weighted by Crippen LogP contribution is 2.30. The summed E-state index contributed by atoms with van der Waals surface area (Å²) in [5.74, 6) is 0.661. The number of thiazole rings is 1. The summed E-state index contributed by atoms with van der Waals surface area (Å²) in [7, 11) is 1.63. The van der Waals surface area contributed by atoms with E-state index in [0.29, 0.717) is 30.3 Å². The average Bonchev–Trinajstić information content (AvgIpc) is 3.44. The molecule has 3 rings (SSSR count). The molecule has 150 valence electrons. The molecule has 0 radical (unpaired) electrons. The molecule has 7 nitrogen and oxygen atoms in total. The summed E-state index contributed by atoms with van der Waals surface area (Å²) in [4.78, 5) is 31.0. The Kier molecular flexibility index (Phi) is 6.86. The van der Waals surface area contributed by atoms with E-state index in [1.54, 1.807) is 17.4 Å². The quantitative estimate of drug-likeness (QED) is 0.636. The number of rotatable bonds is 10. The minimum atomic E-state index is -0.107. The van der Waals surface area contributed by atoms with E-state index in [4.69, 9.17) is 4.74 Å². The molecule has 0 aliphatic heterocycles. The van der Waals surface area contributed by atoms with Crippen LogP contribution in [0.3, 0.4) is 0 Å². The molecule has 1 saturated carbocycles. The molecular formula is C20H26N4O3S. The Hall–Kier alpha value is -2.61. The first-order valence-electron chi connectivity index (χ1n) is 9.55. The summed E-state index contributed by atoms with van der Waals surface area (Å²) < 4.78 is 5.15. The molecule has 1 fully saturated rings. The molecule has 0 bridgehead atoms. The molecule has 0 atom stereocenters. The second kappa shape index (κ2) is 9.54. The number of hydrogen-bond donors (Lipinski definition) is 2. The fourth-order valence-electron chi connectivity index (χ4n) is 2.79. The van der Waals surface area contributed by atoms with Crippen molar-refractivity contribution in [2.75, 3.05) is 25.5 Å². The van der Waals surface area contributed by atoms with Crippen molar-refractivity contribution in [3.8, 4) is 5.75 Å². The van der Waals surface area contributed by atoms with Crippen LogP contribution in [-0.2, 0) is 4.79 Å². The second-order valence-corrected chi connectivity index (χ2v) is 7.58. The summed E-state index contributed by atoms with van der Waals surface area (Å²) in [5, 5.41) is 8.48. The number of ether oxygens (including phenoxy) is 1. The van der Waals surface area contributed by atoms with Crippen molar-refractivity contribution in [2.45, 2.75) is 38.6 Å². The zero-order valence-corrected chi connectivity index (χ0v) is 17.1. The third-order valence-electron chi connectivity index (χ3n) is 4.47. The van der Waals surface area contributed by atoms with E-state index in [-0.39, 0.29) is 17.9 Å². The van der Waals surface area contributed by atoms with Crippen molar-refractivity contribution in [1.29, 1.82) is 0 Å². The highest BCUT2D eigenvalue weighted by molar-refractivity contribution is 7.14. The van der Waals surface area contributed by atoms with Crippen LogP contribution >= 0.6 is 11.3 Å². The molecular weight excluding hydrogens is 376 g/mol. The van der Waals surface area contributed by atoms with Gasteiger partial charge >= 0.3 is 0 Å². The molecule has 1 aromatic carbocycles. The summed E-state index contributed by atoms with van der Waals surface area (Å²) in [6.45, 7) is 3.11. The Balaban J connectivity index is 1.59. The topological polar surface area (TPSA) is 83.6 Å².